The van der Waals surface area contributed by atoms with Gasteiger partial charge in [0.1, 0.15) is 5.82 Å². The molecule has 0 amide bonds. The fraction of sp³-hybridized carbons (Fsp3) is 0.267. The van der Waals surface area contributed by atoms with Crippen molar-refractivity contribution in [3.63, 3.8) is 0 Å². The second kappa shape index (κ2) is 5.65. The van der Waals surface area contributed by atoms with Crippen LogP contribution in [0.2, 0.25) is 0 Å². The molecule has 0 radical (unpaired) electrons. The molecule has 2 rings (SSSR count). The first-order valence-corrected chi connectivity index (χ1v) is 6.15. The van der Waals surface area contributed by atoms with Gasteiger partial charge < -0.3 is 11.5 Å². The normalized spacial score (nSPS) is 12.3. The lowest BCUT2D eigenvalue weighted by atomic mass is 9.99. The average Bonchev–Trinajstić information content (AvgIpc) is 2.35. The van der Waals surface area contributed by atoms with E-state index in [1.165, 1.54) is 11.1 Å². The summed E-state index contributed by atoms with van der Waals surface area (Å²) in [7, 11) is 0. The number of aryl methyl sites for hydroxylation is 1. The molecular weight excluding hydrogens is 222 g/mol. The summed E-state index contributed by atoms with van der Waals surface area (Å²) in [6.45, 7) is 2.08. The number of nitrogens with two attached hydrogens (primary N) is 2. The van der Waals surface area contributed by atoms with Gasteiger partial charge in [-0.25, -0.2) is 4.98 Å². The van der Waals surface area contributed by atoms with Gasteiger partial charge in [0, 0.05) is 12.2 Å². The Morgan fingerprint density at radius 1 is 1.11 bits per heavy atom. The molecule has 1 heterocycles. The van der Waals surface area contributed by atoms with Gasteiger partial charge >= 0.3 is 0 Å². The van der Waals surface area contributed by atoms with Crippen LogP contribution in [0.3, 0.4) is 0 Å². The van der Waals surface area contributed by atoms with Crippen LogP contribution in [0.5, 0.6) is 0 Å². The van der Waals surface area contributed by atoms with Crippen LogP contribution in [0.25, 0.3) is 0 Å². The van der Waals surface area contributed by atoms with E-state index >= 15 is 0 Å². The van der Waals surface area contributed by atoms with E-state index in [1.54, 1.807) is 6.20 Å². The van der Waals surface area contributed by atoms with E-state index in [1.807, 2.05) is 12.1 Å². The van der Waals surface area contributed by atoms with Gasteiger partial charge in [-0.15, -0.1) is 0 Å². The highest BCUT2D eigenvalue weighted by molar-refractivity contribution is 5.39. The molecule has 0 aliphatic carbocycles. The van der Waals surface area contributed by atoms with Gasteiger partial charge in [0.25, 0.3) is 0 Å². The number of rotatable bonds is 4. The van der Waals surface area contributed by atoms with Gasteiger partial charge in [0.15, 0.2) is 0 Å². The van der Waals surface area contributed by atoms with Crippen LogP contribution in [-0.2, 0) is 12.8 Å². The average molecular weight is 241 g/mol. The van der Waals surface area contributed by atoms with Gasteiger partial charge in [0.05, 0.1) is 0 Å². The molecule has 0 spiro atoms. The zero-order valence-electron chi connectivity index (χ0n) is 10.6. The number of aromatic nitrogens is 1. The maximum Gasteiger partial charge on any atom is 0.126 e. The van der Waals surface area contributed by atoms with E-state index in [4.69, 9.17) is 11.5 Å². The highest BCUT2D eigenvalue weighted by Gasteiger charge is 2.08. The van der Waals surface area contributed by atoms with Crippen molar-refractivity contribution < 1.29 is 0 Å². The molecule has 0 saturated heterocycles. The van der Waals surface area contributed by atoms with Crippen molar-refractivity contribution in [1.82, 2.24) is 4.98 Å². The summed E-state index contributed by atoms with van der Waals surface area (Å²) >= 11 is 0. The Balaban J connectivity index is 1.99. The molecule has 0 bridgehead atoms. The largest absolute Gasteiger partial charge is 0.383 e. The molecule has 3 nitrogen and oxygen atoms in total. The van der Waals surface area contributed by atoms with Crippen LogP contribution < -0.4 is 11.5 Å². The van der Waals surface area contributed by atoms with E-state index in [2.05, 4.69) is 36.2 Å². The Kier molecular flexibility index (Phi) is 3.95. The maximum absolute atomic E-state index is 6.16. The molecule has 0 aliphatic rings. The zero-order valence-corrected chi connectivity index (χ0v) is 10.6. The second-order valence-electron chi connectivity index (χ2n) is 4.70. The Bertz CT molecular complexity index is 505. The smallest absolute Gasteiger partial charge is 0.126 e. The van der Waals surface area contributed by atoms with Crippen LogP contribution >= 0.6 is 0 Å². The predicted octanol–water partition coefficient (Wildman–Crippen LogP) is 2.08. The molecule has 0 aliphatic heterocycles. The van der Waals surface area contributed by atoms with E-state index in [-0.39, 0.29) is 6.04 Å². The summed E-state index contributed by atoms with van der Waals surface area (Å²) in [6.07, 6.45) is 3.31. The number of nitrogen functional groups attached to an aromatic ring is 1. The number of benzene rings is 1. The summed E-state index contributed by atoms with van der Waals surface area (Å²) in [4.78, 5) is 4.07. The molecular formula is C15H19N3. The highest BCUT2D eigenvalue weighted by atomic mass is 14.8. The minimum absolute atomic E-state index is 0.0687. The molecule has 0 saturated carbocycles. The molecule has 1 aromatic carbocycles. The highest BCUT2D eigenvalue weighted by Crippen LogP contribution is 2.12. The van der Waals surface area contributed by atoms with Crippen LogP contribution in [0.1, 0.15) is 16.7 Å². The summed E-state index contributed by atoms with van der Waals surface area (Å²) in [5.74, 6) is 0.580. The van der Waals surface area contributed by atoms with Crippen LogP contribution in [-0.4, -0.2) is 11.0 Å². The van der Waals surface area contributed by atoms with Gasteiger partial charge in [-0.3, -0.25) is 0 Å². The molecule has 3 heteroatoms. The molecule has 18 heavy (non-hydrogen) atoms. The third-order valence-electron chi connectivity index (χ3n) is 3.03. The summed E-state index contributed by atoms with van der Waals surface area (Å²) in [6, 6.07) is 12.4. The van der Waals surface area contributed by atoms with E-state index in [0.717, 1.165) is 18.4 Å². The number of hydrogen-bond acceptors (Lipinski definition) is 3. The molecule has 1 aromatic heterocycles. The lowest BCUT2D eigenvalue weighted by Gasteiger charge is -2.13. The first-order chi connectivity index (χ1) is 8.65. The monoisotopic (exact) mass is 241 g/mol. The molecule has 4 N–H and O–H groups in total. The van der Waals surface area contributed by atoms with Crippen LogP contribution in [0.15, 0.2) is 42.6 Å². The summed E-state index contributed by atoms with van der Waals surface area (Å²) < 4.78 is 0. The van der Waals surface area contributed by atoms with E-state index < -0.39 is 0 Å². The van der Waals surface area contributed by atoms with Crippen molar-refractivity contribution in [2.45, 2.75) is 25.8 Å². The molecule has 1 atom stereocenters. The van der Waals surface area contributed by atoms with Crippen molar-refractivity contribution in [1.29, 1.82) is 0 Å². The standard InChI is InChI=1S/C15H19N3/c1-11-4-6-12(7-5-11)9-14(16)10-13-3-2-8-18-15(13)17/h2-8,14H,9-10,16H2,1H3,(H2,17,18). The number of anilines is 1. The Morgan fingerprint density at radius 3 is 2.50 bits per heavy atom. The van der Waals surface area contributed by atoms with Gasteiger partial charge in [0.2, 0.25) is 0 Å². The predicted molar refractivity (Wildman–Crippen MR) is 75.2 cm³/mol. The van der Waals surface area contributed by atoms with E-state index in [0.29, 0.717) is 5.82 Å². The lowest BCUT2D eigenvalue weighted by Crippen LogP contribution is -2.26. The van der Waals surface area contributed by atoms with Crippen molar-refractivity contribution in [2.75, 3.05) is 5.73 Å². The molecule has 1 unspecified atom stereocenters. The van der Waals surface area contributed by atoms with E-state index in [9.17, 15) is 0 Å². The number of pyridine rings is 1. The number of hydrogen-bond donors (Lipinski definition) is 2. The Hall–Kier alpha value is -1.87. The number of nitrogens with zero attached hydrogens (tertiary/aromatic N) is 1. The van der Waals surface area contributed by atoms with Crippen LogP contribution in [0, 0.1) is 6.92 Å². The lowest BCUT2D eigenvalue weighted by molar-refractivity contribution is 0.664. The third kappa shape index (κ3) is 3.31. The fourth-order valence-electron chi connectivity index (χ4n) is 2.00. The van der Waals surface area contributed by atoms with Crippen molar-refractivity contribution in [3.8, 4) is 0 Å². The zero-order chi connectivity index (χ0) is 13.0. The minimum atomic E-state index is 0.0687. The van der Waals surface area contributed by atoms with Crippen molar-refractivity contribution in [2.24, 2.45) is 5.73 Å². The van der Waals surface area contributed by atoms with Crippen molar-refractivity contribution >= 4 is 5.82 Å². The second-order valence-corrected chi connectivity index (χ2v) is 4.70. The van der Waals surface area contributed by atoms with Gasteiger partial charge in [-0.2, -0.15) is 0 Å². The quantitative estimate of drug-likeness (QED) is 0.861. The van der Waals surface area contributed by atoms with Gasteiger partial charge in [-0.1, -0.05) is 35.9 Å². The summed E-state index contributed by atoms with van der Waals surface area (Å²) in [5.41, 5.74) is 15.5. The molecule has 94 valence electrons. The molecule has 2 aromatic rings. The summed E-state index contributed by atoms with van der Waals surface area (Å²) in [5, 5.41) is 0. The maximum atomic E-state index is 6.16. The third-order valence-corrected chi connectivity index (χ3v) is 3.03. The van der Waals surface area contributed by atoms with Crippen molar-refractivity contribution in [3.05, 3.63) is 59.3 Å². The molecule has 0 fully saturated rings. The minimum Gasteiger partial charge on any atom is -0.383 e. The first kappa shape index (κ1) is 12.6. The van der Waals surface area contributed by atoms with Crippen LogP contribution in [0.4, 0.5) is 5.82 Å². The SMILES string of the molecule is Cc1ccc(CC(N)Cc2cccnc2N)cc1. The topological polar surface area (TPSA) is 64.9 Å². The van der Waals surface area contributed by atoms with Gasteiger partial charge in [-0.05, 0) is 37.0 Å². The Morgan fingerprint density at radius 2 is 1.83 bits per heavy atom. The first-order valence-electron chi connectivity index (χ1n) is 6.15. The Labute approximate surface area is 108 Å². The fourth-order valence-corrected chi connectivity index (χ4v) is 2.00.